The van der Waals surface area contributed by atoms with Crippen LogP contribution >= 0.6 is 11.6 Å². The minimum atomic E-state index is -1.11. The highest BCUT2D eigenvalue weighted by Crippen LogP contribution is 2.57. The number of carbonyl (C=O) groups excluding carboxylic acids is 1. The molecule has 0 aromatic heterocycles. The number of ether oxygens (including phenoxy) is 4. The first-order chi connectivity index (χ1) is 22.7. The van der Waals surface area contributed by atoms with E-state index in [1.165, 1.54) is 12.8 Å². The Balaban J connectivity index is 1.09. The summed E-state index contributed by atoms with van der Waals surface area (Å²) in [5.74, 6) is 8.38. The second-order valence-electron chi connectivity index (χ2n) is 12.4. The van der Waals surface area contributed by atoms with Gasteiger partial charge in [0.2, 0.25) is 0 Å². The number of fused-ring (bicyclic) bond motifs is 6. The van der Waals surface area contributed by atoms with Crippen molar-refractivity contribution in [3.8, 4) is 23.3 Å². The summed E-state index contributed by atoms with van der Waals surface area (Å²) in [7, 11) is 0. The van der Waals surface area contributed by atoms with Crippen molar-refractivity contribution in [2.75, 3.05) is 68.3 Å². The summed E-state index contributed by atoms with van der Waals surface area (Å²) >= 11 is 5.72. The summed E-state index contributed by atoms with van der Waals surface area (Å²) < 4.78 is 24.4. The maximum atomic E-state index is 13.5. The van der Waals surface area contributed by atoms with Crippen LogP contribution < -0.4 is 14.5 Å². The molecule has 0 radical (unpaired) electrons. The standard InChI is InChI=1S/C38H41ClN2O5/c39-16-4-1-2-5-21-43-23-24-44-22-6-3-9-28-10-13-31-34(25-28)38(46-37(31)42)32-14-11-29(40-17-7-18-40)26-35(32)45-36-27-30(12-15-33(36)38)41-19-8-20-41/h10-15,25-27H,1-2,4-8,16-24H2. The molecule has 8 heteroatoms. The minimum absolute atomic E-state index is 0.335. The van der Waals surface area contributed by atoms with Crippen LogP contribution in [-0.2, 0) is 19.8 Å². The first kappa shape index (κ1) is 30.9. The quantitative estimate of drug-likeness (QED) is 0.0844. The number of anilines is 2. The van der Waals surface area contributed by atoms with Gasteiger partial charge in [0.15, 0.2) is 5.60 Å². The molecule has 240 valence electrons. The highest BCUT2D eigenvalue weighted by atomic mass is 35.5. The summed E-state index contributed by atoms with van der Waals surface area (Å²) in [6.07, 6.45) is 7.42. The Morgan fingerprint density at radius 1 is 0.739 bits per heavy atom. The van der Waals surface area contributed by atoms with E-state index in [-0.39, 0.29) is 5.97 Å². The van der Waals surface area contributed by atoms with Gasteiger partial charge in [0.05, 0.1) is 25.4 Å². The molecule has 4 aliphatic heterocycles. The van der Waals surface area contributed by atoms with Gasteiger partial charge in [0, 0.05) is 90.8 Å². The highest BCUT2D eigenvalue weighted by Gasteiger charge is 2.54. The number of benzene rings is 3. The fraction of sp³-hybridized carbons (Fsp3) is 0.447. The van der Waals surface area contributed by atoms with Gasteiger partial charge >= 0.3 is 5.97 Å². The SMILES string of the molecule is O=C1OC2(c3ccc(N4CCC4)cc3Oc3cc(N4CCC4)ccc32)c2cc(C#CCCOCCOCCCCCCCl)ccc21. The molecular formula is C38H41ClN2O5. The molecule has 7 nitrogen and oxygen atoms in total. The van der Waals surface area contributed by atoms with Crippen molar-refractivity contribution < 1.29 is 23.7 Å². The molecule has 0 amide bonds. The zero-order chi connectivity index (χ0) is 31.3. The second-order valence-corrected chi connectivity index (χ2v) is 12.7. The average molecular weight is 641 g/mol. The van der Waals surface area contributed by atoms with Gasteiger partial charge in [-0.15, -0.1) is 11.6 Å². The monoisotopic (exact) mass is 640 g/mol. The van der Waals surface area contributed by atoms with Crippen LogP contribution in [0.2, 0.25) is 0 Å². The molecule has 2 fully saturated rings. The molecular weight excluding hydrogens is 600 g/mol. The number of nitrogens with zero attached hydrogens (tertiary/aromatic N) is 2. The molecule has 4 aliphatic rings. The molecule has 3 aromatic rings. The first-order valence-electron chi connectivity index (χ1n) is 16.7. The van der Waals surface area contributed by atoms with Gasteiger partial charge in [-0.2, -0.15) is 0 Å². The Bertz CT molecular complexity index is 1570. The second kappa shape index (κ2) is 14.0. The van der Waals surface area contributed by atoms with E-state index < -0.39 is 5.60 Å². The molecule has 46 heavy (non-hydrogen) atoms. The van der Waals surface area contributed by atoms with Gasteiger partial charge < -0.3 is 28.7 Å². The van der Waals surface area contributed by atoms with Crippen LogP contribution in [0, 0.1) is 11.8 Å². The van der Waals surface area contributed by atoms with E-state index in [1.54, 1.807) is 0 Å². The van der Waals surface area contributed by atoms with Crippen LogP contribution in [0.5, 0.6) is 11.5 Å². The third-order valence-electron chi connectivity index (χ3n) is 9.36. The smallest absolute Gasteiger partial charge is 0.340 e. The van der Waals surface area contributed by atoms with E-state index in [4.69, 9.17) is 30.5 Å². The van der Waals surface area contributed by atoms with E-state index in [0.717, 1.165) is 109 Å². The van der Waals surface area contributed by atoms with Crippen LogP contribution in [0.3, 0.4) is 0 Å². The molecule has 2 saturated heterocycles. The fourth-order valence-corrected chi connectivity index (χ4v) is 6.77. The maximum Gasteiger partial charge on any atom is 0.340 e. The predicted octanol–water partition coefficient (Wildman–Crippen LogP) is 7.25. The van der Waals surface area contributed by atoms with Crippen molar-refractivity contribution in [3.63, 3.8) is 0 Å². The van der Waals surface area contributed by atoms with Crippen LogP contribution in [0.15, 0.2) is 54.6 Å². The number of hydrogen-bond acceptors (Lipinski definition) is 7. The van der Waals surface area contributed by atoms with Crippen molar-refractivity contribution in [2.45, 2.75) is 50.5 Å². The first-order valence-corrected chi connectivity index (χ1v) is 17.3. The number of hydrogen-bond donors (Lipinski definition) is 0. The Labute approximate surface area is 276 Å². The molecule has 0 N–H and O–H groups in total. The van der Waals surface area contributed by atoms with E-state index in [0.29, 0.717) is 31.8 Å². The normalized spacial score (nSPS) is 16.8. The van der Waals surface area contributed by atoms with Crippen molar-refractivity contribution in [1.29, 1.82) is 0 Å². The lowest BCUT2D eigenvalue weighted by atomic mass is 9.77. The van der Waals surface area contributed by atoms with Gasteiger partial charge in [0.1, 0.15) is 11.5 Å². The van der Waals surface area contributed by atoms with Gasteiger partial charge in [-0.05, 0) is 68.1 Å². The number of halogens is 1. The molecule has 3 aromatic carbocycles. The lowest BCUT2D eigenvalue weighted by Gasteiger charge is -2.39. The summed E-state index contributed by atoms with van der Waals surface area (Å²) in [5.41, 5.74) is 5.01. The Hall–Kier alpha value is -3.70. The lowest BCUT2D eigenvalue weighted by molar-refractivity contribution is 0.0224. The van der Waals surface area contributed by atoms with Crippen molar-refractivity contribution in [1.82, 2.24) is 0 Å². The average Bonchev–Trinajstić information content (AvgIpc) is 3.29. The highest BCUT2D eigenvalue weighted by molar-refractivity contribution is 6.17. The fourth-order valence-electron chi connectivity index (χ4n) is 6.58. The number of carbonyl (C=O) groups is 1. The number of rotatable bonds is 13. The molecule has 0 unspecified atom stereocenters. The zero-order valence-electron chi connectivity index (χ0n) is 26.3. The largest absolute Gasteiger partial charge is 0.456 e. The van der Waals surface area contributed by atoms with Crippen LogP contribution in [0.1, 0.15) is 77.6 Å². The molecule has 0 saturated carbocycles. The Morgan fingerprint density at radius 2 is 1.39 bits per heavy atom. The molecule has 0 aliphatic carbocycles. The Morgan fingerprint density at radius 3 is 2.02 bits per heavy atom. The number of unbranched alkanes of at least 4 members (excludes halogenated alkanes) is 3. The Kier molecular flexibility index (Phi) is 9.39. The van der Waals surface area contributed by atoms with Crippen LogP contribution in [0.25, 0.3) is 0 Å². The minimum Gasteiger partial charge on any atom is -0.456 e. The van der Waals surface area contributed by atoms with Crippen LogP contribution in [0.4, 0.5) is 11.4 Å². The lowest BCUT2D eigenvalue weighted by Crippen LogP contribution is -2.38. The molecule has 4 heterocycles. The van der Waals surface area contributed by atoms with Crippen LogP contribution in [-0.4, -0.2) is 64.5 Å². The van der Waals surface area contributed by atoms with E-state index in [9.17, 15) is 4.79 Å². The third-order valence-corrected chi connectivity index (χ3v) is 9.63. The summed E-state index contributed by atoms with van der Waals surface area (Å²) in [6.45, 7) is 6.60. The van der Waals surface area contributed by atoms with E-state index in [2.05, 4.69) is 58.0 Å². The predicted molar refractivity (Wildman–Crippen MR) is 181 cm³/mol. The number of alkyl halides is 1. The summed E-state index contributed by atoms with van der Waals surface area (Å²) in [5, 5.41) is 0. The van der Waals surface area contributed by atoms with Gasteiger partial charge in [-0.25, -0.2) is 4.79 Å². The van der Waals surface area contributed by atoms with Crippen molar-refractivity contribution in [2.24, 2.45) is 0 Å². The maximum absolute atomic E-state index is 13.5. The van der Waals surface area contributed by atoms with Crippen molar-refractivity contribution in [3.05, 3.63) is 82.4 Å². The zero-order valence-corrected chi connectivity index (χ0v) is 27.1. The molecule has 0 atom stereocenters. The van der Waals surface area contributed by atoms with Gasteiger partial charge in [0.25, 0.3) is 0 Å². The van der Waals surface area contributed by atoms with E-state index in [1.807, 2.05) is 18.2 Å². The van der Waals surface area contributed by atoms with E-state index >= 15 is 0 Å². The summed E-state index contributed by atoms with van der Waals surface area (Å²) in [6, 6.07) is 18.3. The summed E-state index contributed by atoms with van der Waals surface area (Å²) in [4.78, 5) is 18.2. The van der Waals surface area contributed by atoms with Crippen molar-refractivity contribution >= 4 is 28.9 Å². The number of esters is 1. The molecule has 1 spiro atoms. The van der Waals surface area contributed by atoms with Gasteiger partial charge in [-0.1, -0.05) is 24.7 Å². The molecule has 7 rings (SSSR count). The third kappa shape index (κ3) is 6.07. The molecule has 0 bridgehead atoms. The topological polar surface area (TPSA) is 60.5 Å². The van der Waals surface area contributed by atoms with Gasteiger partial charge in [-0.3, -0.25) is 0 Å².